The molecule has 2 unspecified atom stereocenters. The molecule has 0 aliphatic rings. The fourth-order valence-electron chi connectivity index (χ4n) is 2.27. The summed E-state index contributed by atoms with van der Waals surface area (Å²) < 4.78 is 55.3. The minimum Gasteiger partial charge on any atom is -0.435 e. The highest BCUT2D eigenvalue weighted by atomic mass is 19.3. The van der Waals surface area contributed by atoms with Crippen LogP contribution in [0.4, 0.5) is 17.6 Å². The molecule has 2 aromatic carbocycles. The zero-order valence-corrected chi connectivity index (χ0v) is 12.8. The van der Waals surface area contributed by atoms with E-state index in [1.165, 1.54) is 24.3 Å². The number of halogens is 4. The van der Waals surface area contributed by atoms with Gasteiger partial charge in [-0.2, -0.15) is 8.78 Å². The van der Waals surface area contributed by atoms with E-state index in [0.29, 0.717) is 5.56 Å². The third-order valence-corrected chi connectivity index (χ3v) is 3.51. The highest BCUT2D eigenvalue weighted by Crippen LogP contribution is 2.22. The van der Waals surface area contributed by atoms with E-state index in [1.54, 1.807) is 13.0 Å². The predicted molar refractivity (Wildman–Crippen MR) is 80.8 cm³/mol. The zero-order valence-electron chi connectivity index (χ0n) is 12.8. The molecule has 0 radical (unpaired) electrons. The molecule has 0 saturated carbocycles. The van der Waals surface area contributed by atoms with Crippen molar-refractivity contribution >= 4 is 0 Å². The Morgan fingerprint density at radius 2 is 1.88 bits per heavy atom. The third kappa shape index (κ3) is 4.94. The SMILES string of the molecule is CC(NCC(O)c1cccc(OC(F)F)c1)c1ccc(F)cc1F. The van der Waals surface area contributed by atoms with Gasteiger partial charge in [0.1, 0.15) is 17.4 Å². The number of alkyl halides is 2. The van der Waals surface area contributed by atoms with Crippen LogP contribution < -0.4 is 10.1 Å². The van der Waals surface area contributed by atoms with Crippen LogP contribution in [0.5, 0.6) is 5.75 Å². The van der Waals surface area contributed by atoms with Gasteiger partial charge in [-0.1, -0.05) is 18.2 Å². The lowest BCUT2D eigenvalue weighted by atomic mass is 10.1. The van der Waals surface area contributed by atoms with Gasteiger partial charge in [0.05, 0.1) is 6.10 Å². The van der Waals surface area contributed by atoms with E-state index in [-0.39, 0.29) is 17.9 Å². The largest absolute Gasteiger partial charge is 0.435 e. The predicted octanol–water partition coefficient (Wildman–Crippen LogP) is 3.95. The van der Waals surface area contributed by atoms with Gasteiger partial charge < -0.3 is 15.2 Å². The second-order valence-electron chi connectivity index (χ2n) is 5.26. The number of nitrogens with one attached hydrogen (secondary N) is 1. The zero-order chi connectivity index (χ0) is 17.7. The summed E-state index contributed by atoms with van der Waals surface area (Å²) in [5.41, 5.74) is 0.644. The summed E-state index contributed by atoms with van der Waals surface area (Å²) in [6.45, 7) is -1.23. The maximum absolute atomic E-state index is 13.7. The summed E-state index contributed by atoms with van der Waals surface area (Å²) in [4.78, 5) is 0. The van der Waals surface area contributed by atoms with E-state index in [4.69, 9.17) is 0 Å². The quantitative estimate of drug-likeness (QED) is 0.748. The first kappa shape index (κ1) is 18.2. The van der Waals surface area contributed by atoms with Crippen molar-refractivity contribution in [1.29, 1.82) is 0 Å². The molecule has 3 nitrogen and oxygen atoms in total. The Morgan fingerprint density at radius 1 is 1.12 bits per heavy atom. The minimum atomic E-state index is -2.95. The van der Waals surface area contributed by atoms with Gasteiger partial charge in [0.25, 0.3) is 0 Å². The molecule has 0 aliphatic heterocycles. The molecular weight excluding hydrogens is 326 g/mol. The number of ether oxygens (including phenoxy) is 1. The maximum Gasteiger partial charge on any atom is 0.387 e. The molecule has 130 valence electrons. The van der Waals surface area contributed by atoms with E-state index < -0.39 is 30.4 Å². The number of aliphatic hydroxyl groups is 1. The normalized spacial score (nSPS) is 13.8. The molecule has 0 fully saturated rings. The van der Waals surface area contributed by atoms with E-state index in [1.807, 2.05) is 0 Å². The molecule has 2 aromatic rings. The van der Waals surface area contributed by atoms with Crippen molar-refractivity contribution in [3.63, 3.8) is 0 Å². The van der Waals surface area contributed by atoms with Gasteiger partial charge in [-0.15, -0.1) is 0 Å². The Morgan fingerprint density at radius 3 is 2.54 bits per heavy atom. The lowest BCUT2D eigenvalue weighted by Gasteiger charge is -2.18. The third-order valence-electron chi connectivity index (χ3n) is 3.51. The monoisotopic (exact) mass is 343 g/mol. The van der Waals surface area contributed by atoms with E-state index in [2.05, 4.69) is 10.1 Å². The molecule has 2 rings (SSSR count). The average molecular weight is 343 g/mol. The number of benzene rings is 2. The number of hydrogen-bond donors (Lipinski definition) is 2. The van der Waals surface area contributed by atoms with E-state index in [9.17, 15) is 22.7 Å². The highest BCUT2D eigenvalue weighted by Gasteiger charge is 2.15. The van der Waals surface area contributed by atoms with Crippen molar-refractivity contribution in [3.8, 4) is 5.75 Å². The fourth-order valence-corrected chi connectivity index (χ4v) is 2.27. The molecule has 7 heteroatoms. The summed E-state index contributed by atoms with van der Waals surface area (Å²) in [6.07, 6.45) is -1.00. The topological polar surface area (TPSA) is 41.5 Å². The molecule has 2 atom stereocenters. The molecule has 0 bridgehead atoms. The Labute approximate surface area is 136 Å². The summed E-state index contributed by atoms with van der Waals surface area (Å²) in [5.74, 6) is -1.41. The van der Waals surface area contributed by atoms with Gasteiger partial charge in [0, 0.05) is 24.2 Å². The van der Waals surface area contributed by atoms with Crippen LogP contribution in [0.25, 0.3) is 0 Å². The molecule has 0 heterocycles. The van der Waals surface area contributed by atoms with Gasteiger partial charge in [0.15, 0.2) is 0 Å². The summed E-state index contributed by atoms with van der Waals surface area (Å²) >= 11 is 0. The van der Waals surface area contributed by atoms with Gasteiger partial charge in [-0.05, 0) is 30.7 Å². The number of rotatable bonds is 7. The van der Waals surface area contributed by atoms with Crippen LogP contribution in [0, 0.1) is 11.6 Å². The Balaban J connectivity index is 1.98. The Hall–Kier alpha value is -2.12. The number of hydrogen-bond acceptors (Lipinski definition) is 3. The van der Waals surface area contributed by atoms with Crippen LogP contribution >= 0.6 is 0 Å². The van der Waals surface area contributed by atoms with E-state index >= 15 is 0 Å². The smallest absolute Gasteiger partial charge is 0.387 e. The van der Waals surface area contributed by atoms with Crippen molar-refractivity contribution in [1.82, 2.24) is 5.32 Å². The Bertz CT molecular complexity index is 681. The van der Waals surface area contributed by atoms with Crippen LogP contribution in [-0.4, -0.2) is 18.3 Å². The molecule has 0 spiro atoms. The molecule has 0 aromatic heterocycles. The van der Waals surface area contributed by atoms with Crippen molar-refractivity contribution in [2.45, 2.75) is 25.7 Å². The molecule has 0 aliphatic carbocycles. The summed E-state index contributed by atoms with van der Waals surface area (Å²) in [7, 11) is 0. The molecular formula is C17H17F4NO2. The van der Waals surface area contributed by atoms with Crippen molar-refractivity contribution in [2.24, 2.45) is 0 Å². The van der Waals surface area contributed by atoms with Gasteiger partial charge in [-0.25, -0.2) is 8.78 Å². The lowest BCUT2D eigenvalue weighted by molar-refractivity contribution is -0.0499. The van der Waals surface area contributed by atoms with Crippen molar-refractivity contribution < 1.29 is 27.4 Å². The number of aliphatic hydroxyl groups excluding tert-OH is 1. The Kier molecular flexibility index (Phi) is 6.16. The maximum atomic E-state index is 13.7. The lowest BCUT2D eigenvalue weighted by Crippen LogP contribution is -2.25. The van der Waals surface area contributed by atoms with Crippen LogP contribution in [0.1, 0.15) is 30.2 Å². The molecule has 0 amide bonds. The molecule has 0 saturated heterocycles. The van der Waals surface area contributed by atoms with Gasteiger partial charge in [-0.3, -0.25) is 0 Å². The average Bonchev–Trinajstić information content (AvgIpc) is 2.52. The first-order valence-electron chi connectivity index (χ1n) is 7.28. The second-order valence-corrected chi connectivity index (χ2v) is 5.26. The van der Waals surface area contributed by atoms with Gasteiger partial charge in [0.2, 0.25) is 0 Å². The van der Waals surface area contributed by atoms with Gasteiger partial charge >= 0.3 is 6.61 Å². The van der Waals surface area contributed by atoms with Crippen LogP contribution in [-0.2, 0) is 0 Å². The summed E-state index contributed by atoms with van der Waals surface area (Å²) in [6, 6.07) is 8.50. The van der Waals surface area contributed by atoms with Crippen LogP contribution in [0.2, 0.25) is 0 Å². The van der Waals surface area contributed by atoms with Crippen LogP contribution in [0.3, 0.4) is 0 Å². The minimum absolute atomic E-state index is 0.0517. The fraction of sp³-hybridized carbons (Fsp3) is 0.294. The highest BCUT2D eigenvalue weighted by molar-refractivity contribution is 5.30. The van der Waals surface area contributed by atoms with Crippen LogP contribution in [0.15, 0.2) is 42.5 Å². The molecule has 2 N–H and O–H groups in total. The first-order chi connectivity index (χ1) is 11.4. The standard InChI is InChI=1S/C17H17F4NO2/c1-10(14-6-5-12(18)8-15(14)19)22-9-16(23)11-3-2-4-13(7-11)24-17(20)21/h2-8,10,16-17,22-23H,9H2,1H3. The summed E-state index contributed by atoms with van der Waals surface area (Å²) in [5, 5.41) is 13.0. The molecule has 24 heavy (non-hydrogen) atoms. The first-order valence-corrected chi connectivity index (χ1v) is 7.28. The van der Waals surface area contributed by atoms with Crippen molar-refractivity contribution in [3.05, 3.63) is 65.2 Å². The van der Waals surface area contributed by atoms with Crippen molar-refractivity contribution in [2.75, 3.05) is 6.54 Å². The second kappa shape index (κ2) is 8.12. The van der Waals surface area contributed by atoms with E-state index in [0.717, 1.165) is 12.1 Å².